The third kappa shape index (κ3) is 3.02. The number of rotatable bonds is 4. The number of ether oxygens (including phenoxy) is 1. The van der Waals surface area contributed by atoms with E-state index >= 15 is 0 Å². The summed E-state index contributed by atoms with van der Waals surface area (Å²) in [5, 5.41) is 9.90. The Kier molecular flexibility index (Phi) is 3.88. The molecule has 4 nitrogen and oxygen atoms in total. The molecule has 14 heavy (non-hydrogen) atoms. The number of nitrogens with zero attached hydrogens (tertiary/aromatic N) is 1. The zero-order chi connectivity index (χ0) is 9.64. The Balaban J connectivity index is 1.62. The molecular formula is C9H15N3OS. The van der Waals surface area contributed by atoms with Crippen molar-refractivity contribution in [1.82, 2.24) is 15.6 Å². The molecule has 2 rings (SSSR count). The van der Waals surface area contributed by atoms with E-state index in [0.29, 0.717) is 6.04 Å². The molecule has 1 saturated heterocycles. The summed E-state index contributed by atoms with van der Waals surface area (Å²) in [5.41, 5.74) is 0. The highest BCUT2D eigenvalue weighted by Crippen LogP contribution is 2.02. The maximum Gasteiger partial charge on any atom is 0.106 e. The van der Waals surface area contributed by atoms with Gasteiger partial charge in [0.05, 0.1) is 13.2 Å². The Labute approximate surface area is 87.7 Å². The molecule has 0 bridgehead atoms. The van der Waals surface area contributed by atoms with Gasteiger partial charge in [0.15, 0.2) is 0 Å². The highest BCUT2D eigenvalue weighted by Gasteiger charge is 2.11. The predicted octanol–water partition coefficient (Wildman–Crippen LogP) is 0.221. The van der Waals surface area contributed by atoms with Crippen LogP contribution in [0.1, 0.15) is 5.01 Å². The van der Waals surface area contributed by atoms with Gasteiger partial charge in [0, 0.05) is 37.3 Å². The second-order valence-electron chi connectivity index (χ2n) is 3.28. The van der Waals surface area contributed by atoms with Gasteiger partial charge in [-0.25, -0.2) is 4.98 Å². The summed E-state index contributed by atoms with van der Waals surface area (Å²) in [7, 11) is 0. The largest absolute Gasteiger partial charge is 0.378 e. The van der Waals surface area contributed by atoms with Gasteiger partial charge in [-0.2, -0.15) is 0 Å². The van der Waals surface area contributed by atoms with Gasteiger partial charge in [0.25, 0.3) is 0 Å². The molecule has 0 radical (unpaired) electrons. The van der Waals surface area contributed by atoms with Crippen LogP contribution in [0.15, 0.2) is 11.6 Å². The molecule has 1 aromatic heterocycles. The zero-order valence-corrected chi connectivity index (χ0v) is 8.85. The van der Waals surface area contributed by atoms with E-state index in [1.54, 1.807) is 11.3 Å². The van der Waals surface area contributed by atoms with E-state index < -0.39 is 0 Å². The van der Waals surface area contributed by atoms with Crippen molar-refractivity contribution in [2.75, 3.05) is 26.3 Å². The second kappa shape index (κ2) is 5.41. The van der Waals surface area contributed by atoms with Crippen molar-refractivity contribution < 1.29 is 4.74 Å². The number of hydrogen-bond donors (Lipinski definition) is 2. The molecule has 2 N–H and O–H groups in total. The van der Waals surface area contributed by atoms with E-state index in [0.717, 1.165) is 37.9 Å². The van der Waals surface area contributed by atoms with E-state index in [1.165, 1.54) is 0 Å². The second-order valence-corrected chi connectivity index (χ2v) is 4.26. The van der Waals surface area contributed by atoms with E-state index in [2.05, 4.69) is 15.6 Å². The third-order valence-electron chi connectivity index (χ3n) is 2.15. The Bertz CT molecular complexity index is 247. The molecule has 0 aliphatic carbocycles. The molecule has 0 amide bonds. The smallest absolute Gasteiger partial charge is 0.106 e. The van der Waals surface area contributed by atoms with Crippen LogP contribution < -0.4 is 10.6 Å². The van der Waals surface area contributed by atoms with Crippen molar-refractivity contribution in [3.63, 3.8) is 0 Å². The molecule has 5 heteroatoms. The average molecular weight is 213 g/mol. The predicted molar refractivity (Wildman–Crippen MR) is 56.4 cm³/mol. The Hall–Kier alpha value is -0.490. The van der Waals surface area contributed by atoms with Gasteiger partial charge in [-0.15, -0.1) is 11.3 Å². The number of nitrogens with one attached hydrogen (secondary N) is 2. The van der Waals surface area contributed by atoms with Crippen molar-refractivity contribution in [2.24, 2.45) is 0 Å². The lowest BCUT2D eigenvalue weighted by Crippen LogP contribution is -2.47. The molecule has 1 aliphatic rings. The summed E-state index contributed by atoms with van der Waals surface area (Å²) < 4.78 is 5.35. The lowest BCUT2D eigenvalue weighted by atomic mass is 10.3. The van der Waals surface area contributed by atoms with Crippen LogP contribution in [0.4, 0.5) is 0 Å². The monoisotopic (exact) mass is 213 g/mol. The molecule has 78 valence electrons. The van der Waals surface area contributed by atoms with Crippen LogP contribution in [0, 0.1) is 0 Å². The van der Waals surface area contributed by atoms with Crippen LogP contribution in [0.3, 0.4) is 0 Å². The van der Waals surface area contributed by atoms with Gasteiger partial charge in [-0.05, 0) is 0 Å². The molecule has 1 atom stereocenters. The zero-order valence-electron chi connectivity index (χ0n) is 8.03. The van der Waals surface area contributed by atoms with Crippen molar-refractivity contribution in [2.45, 2.75) is 12.6 Å². The summed E-state index contributed by atoms with van der Waals surface area (Å²) in [6.07, 6.45) is 1.84. The van der Waals surface area contributed by atoms with Crippen LogP contribution in [0.2, 0.25) is 0 Å². The number of aromatic nitrogens is 1. The summed E-state index contributed by atoms with van der Waals surface area (Å²) in [6.45, 7) is 4.41. The fourth-order valence-corrected chi connectivity index (χ4v) is 2.03. The van der Waals surface area contributed by atoms with Crippen molar-refractivity contribution >= 4 is 11.3 Å². The van der Waals surface area contributed by atoms with Crippen LogP contribution >= 0.6 is 11.3 Å². The summed E-state index contributed by atoms with van der Waals surface area (Å²) in [4.78, 5) is 4.20. The van der Waals surface area contributed by atoms with Gasteiger partial charge in [-0.3, -0.25) is 0 Å². The Morgan fingerprint density at radius 3 is 3.43 bits per heavy atom. The highest BCUT2D eigenvalue weighted by molar-refractivity contribution is 7.09. The first-order valence-corrected chi connectivity index (χ1v) is 5.73. The SMILES string of the molecule is c1csc(CNCC2COCCN2)n1. The third-order valence-corrected chi connectivity index (χ3v) is 2.93. The molecule has 1 aliphatic heterocycles. The molecule has 0 spiro atoms. The van der Waals surface area contributed by atoms with Gasteiger partial charge >= 0.3 is 0 Å². The van der Waals surface area contributed by atoms with Gasteiger partial charge < -0.3 is 15.4 Å². The molecule has 0 saturated carbocycles. The van der Waals surface area contributed by atoms with Crippen molar-refractivity contribution in [3.05, 3.63) is 16.6 Å². The Morgan fingerprint density at radius 2 is 2.71 bits per heavy atom. The fourth-order valence-electron chi connectivity index (χ4n) is 1.44. The van der Waals surface area contributed by atoms with Crippen LogP contribution in [0.5, 0.6) is 0 Å². The maximum absolute atomic E-state index is 5.35. The molecule has 2 heterocycles. The molecular weight excluding hydrogens is 198 g/mol. The number of hydrogen-bond acceptors (Lipinski definition) is 5. The van der Waals surface area contributed by atoms with Gasteiger partial charge in [0.2, 0.25) is 0 Å². The average Bonchev–Trinajstić information content (AvgIpc) is 2.72. The van der Waals surface area contributed by atoms with Crippen molar-refractivity contribution in [3.8, 4) is 0 Å². The van der Waals surface area contributed by atoms with Crippen molar-refractivity contribution in [1.29, 1.82) is 0 Å². The van der Waals surface area contributed by atoms with E-state index in [4.69, 9.17) is 4.74 Å². The lowest BCUT2D eigenvalue weighted by molar-refractivity contribution is 0.0766. The summed E-state index contributed by atoms with van der Waals surface area (Å²) >= 11 is 1.68. The first-order valence-electron chi connectivity index (χ1n) is 4.85. The van der Waals surface area contributed by atoms with Crippen LogP contribution in [0.25, 0.3) is 0 Å². The highest BCUT2D eigenvalue weighted by atomic mass is 32.1. The molecule has 0 aromatic carbocycles. The number of morpholine rings is 1. The fraction of sp³-hybridized carbons (Fsp3) is 0.667. The summed E-state index contributed by atoms with van der Waals surface area (Å²) in [5.74, 6) is 0. The van der Waals surface area contributed by atoms with E-state index in [1.807, 2.05) is 11.6 Å². The first-order chi connectivity index (χ1) is 6.95. The van der Waals surface area contributed by atoms with E-state index in [-0.39, 0.29) is 0 Å². The van der Waals surface area contributed by atoms with Gasteiger partial charge in [-0.1, -0.05) is 0 Å². The Morgan fingerprint density at radius 1 is 1.71 bits per heavy atom. The number of thiazole rings is 1. The topological polar surface area (TPSA) is 46.2 Å². The lowest BCUT2D eigenvalue weighted by Gasteiger charge is -2.23. The van der Waals surface area contributed by atoms with Gasteiger partial charge in [0.1, 0.15) is 5.01 Å². The normalized spacial score (nSPS) is 22.4. The van der Waals surface area contributed by atoms with Crippen LogP contribution in [-0.4, -0.2) is 37.3 Å². The molecule has 1 fully saturated rings. The maximum atomic E-state index is 5.35. The minimum absolute atomic E-state index is 0.448. The first kappa shape index (κ1) is 10.0. The molecule has 1 aromatic rings. The van der Waals surface area contributed by atoms with E-state index in [9.17, 15) is 0 Å². The minimum atomic E-state index is 0.448. The summed E-state index contributed by atoms with van der Waals surface area (Å²) in [6, 6.07) is 0.448. The quantitative estimate of drug-likeness (QED) is 0.751. The van der Waals surface area contributed by atoms with Crippen LogP contribution in [-0.2, 0) is 11.3 Å². The standard InChI is InChI=1S/C9H15N3OS/c1-3-13-7-8(11-1)5-10-6-9-12-2-4-14-9/h2,4,8,10-11H,1,3,5-7H2. The minimum Gasteiger partial charge on any atom is -0.378 e. The molecule has 1 unspecified atom stereocenters.